The molecule has 1 unspecified atom stereocenters. The molecule has 1 fully saturated rings. The van der Waals surface area contributed by atoms with E-state index in [2.05, 4.69) is 9.55 Å². The van der Waals surface area contributed by atoms with Gasteiger partial charge < -0.3 is 9.30 Å². The van der Waals surface area contributed by atoms with Gasteiger partial charge in [-0.05, 0) is 31.4 Å². The highest BCUT2D eigenvalue weighted by Crippen LogP contribution is 2.26. The third-order valence-electron chi connectivity index (χ3n) is 4.76. The minimum absolute atomic E-state index is 0.293. The fraction of sp³-hybridized carbons (Fsp3) is 0.500. The first-order chi connectivity index (χ1) is 12.0. The van der Waals surface area contributed by atoms with E-state index in [-0.39, 0.29) is 0 Å². The molecule has 1 aromatic carbocycles. The zero-order chi connectivity index (χ0) is 17.9. The molecule has 0 amide bonds. The number of aromatic nitrogens is 2. The van der Waals surface area contributed by atoms with E-state index in [4.69, 9.17) is 4.74 Å². The number of hydrogen-bond acceptors (Lipinski definition) is 4. The summed E-state index contributed by atoms with van der Waals surface area (Å²) in [6.45, 7) is 4.57. The van der Waals surface area contributed by atoms with Crippen molar-refractivity contribution in [1.29, 1.82) is 0 Å². The van der Waals surface area contributed by atoms with Gasteiger partial charge in [0.1, 0.15) is 5.82 Å². The lowest BCUT2D eigenvalue weighted by Gasteiger charge is -2.17. The van der Waals surface area contributed by atoms with Gasteiger partial charge in [-0.25, -0.2) is 13.4 Å². The van der Waals surface area contributed by atoms with Gasteiger partial charge in [0, 0.05) is 45.1 Å². The quantitative estimate of drug-likeness (QED) is 0.756. The molecule has 1 aliphatic heterocycles. The van der Waals surface area contributed by atoms with E-state index < -0.39 is 10.0 Å². The SMILES string of the molecule is COCCn1c(C)cnc1CC1CCN(S(=O)(=O)c2ccccc2)C1. The average molecular weight is 363 g/mol. The highest BCUT2D eigenvalue weighted by molar-refractivity contribution is 7.89. The number of nitrogens with zero attached hydrogens (tertiary/aromatic N) is 3. The molecule has 6 nitrogen and oxygen atoms in total. The molecule has 2 aromatic rings. The normalized spacial score (nSPS) is 18.7. The lowest BCUT2D eigenvalue weighted by molar-refractivity contribution is 0.185. The third kappa shape index (κ3) is 3.94. The van der Waals surface area contributed by atoms with Crippen LogP contribution in [0.15, 0.2) is 41.4 Å². The molecule has 1 saturated heterocycles. The predicted molar refractivity (Wildman–Crippen MR) is 95.9 cm³/mol. The first-order valence-corrected chi connectivity index (χ1v) is 10.0. The van der Waals surface area contributed by atoms with Gasteiger partial charge in [0.15, 0.2) is 0 Å². The Kier molecular flexibility index (Phi) is 5.56. The number of aryl methyl sites for hydroxylation is 1. The number of imidazole rings is 1. The molecule has 0 saturated carbocycles. The maximum absolute atomic E-state index is 12.7. The fourth-order valence-corrected chi connectivity index (χ4v) is 4.90. The number of methoxy groups -OCH3 is 1. The number of rotatable bonds is 7. The zero-order valence-electron chi connectivity index (χ0n) is 14.8. The minimum atomic E-state index is -3.40. The topological polar surface area (TPSA) is 64.4 Å². The first-order valence-electron chi connectivity index (χ1n) is 8.57. The summed E-state index contributed by atoms with van der Waals surface area (Å²) < 4.78 is 34.4. The van der Waals surface area contributed by atoms with Gasteiger partial charge in [0.05, 0.1) is 11.5 Å². The molecule has 136 valence electrons. The molecule has 0 bridgehead atoms. The second-order valence-electron chi connectivity index (χ2n) is 6.50. The summed E-state index contributed by atoms with van der Waals surface area (Å²) in [5.74, 6) is 1.31. The average Bonchev–Trinajstić information content (AvgIpc) is 3.22. The molecule has 7 heteroatoms. The van der Waals surface area contributed by atoms with Crippen molar-refractivity contribution in [2.24, 2.45) is 5.92 Å². The molecule has 0 radical (unpaired) electrons. The van der Waals surface area contributed by atoms with Gasteiger partial charge in [-0.1, -0.05) is 18.2 Å². The van der Waals surface area contributed by atoms with E-state index in [1.165, 1.54) is 0 Å². The van der Waals surface area contributed by atoms with E-state index in [0.29, 0.717) is 30.5 Å². The highest BCUT2D eigenvalue weighted by Gasteiger charge is 2.33. The fourth-order valence-electron chi connectivity index (χ4n) is 3.34. The summed E-state index contributed by atoms with van der Waals surface area (Å²) in [4.78, 5) is 4.89. The van der Waals surface area contributed by atoms with Crippen LogP contribution in [-0.2, 0) is 27.7 Å². The van der Waals surface area contributed by atoms with Crippen molar-refractivity contribution < 1.29 is 13.2 Å². The van der Waals surface area contributed by atoms with Crippen molar-refractivity contribution in [2.45, 2.75) is 31.2 Å². The monoisotopic (exact) mass is 363 g/mol. The Hall–Kier alpha value is -1.70. The number of ether oxygens (including phenoxy) is 1. The van der Waals surface area contributed by atoms with Crippen LogP contribution in [0, 0.1) is 12.8 Å². The molecule has 1 atom stereocenters. The number of sulfonamides is 1. The van der Waals surface area contributed by atoms with Gasteiger partial charge in [0.25, 0.3) is 0 Å². The Morgan fingerprint density at radius 2 is 2.04 bits per heavy atom. The molecule has 1 aliphatic rings. The third-order valence-corrected chi connectivity index (χ3v) is 6.64. The molecular formula is C18H25N3O3S. The molecule has 0 N–H and O–H groups in total. The summed E-state index contributed by atoms with van der Waals surface area (Å²) in [7, 11) is -1.71. The number of benzene rings is 1. The Balaban J connectivity index is 1.68. The van der Waals surface area contributed by atoms with Crippen LogP contribution in [0.1, 0.15) is 17.9 Å². The standard InChI is InChI=1S/C18H25N3O3S/c1-15-13-19-18(21(15)10-11-24-2)12-16-8-9-20(14-16)25(22,23)17-6-4-3-5-7-17/h3-7,13,16H,8-12,14H2,1-2H3. The summed E-state index contributed by atoms with van der Waals surface area (Å²) in [6.07, 6.45) is 3.53. The van der Waals surface area contributed by atoms with Crippen LogP contribution in [0.5, 0.6) is 0 Å². The van der Waals surface area contributed by atoms with Crippen molar-refractivity contribution in [3.63, 3.8) is 0 Å². The Labute approximate surface area is 149 Å². The minimum Gasteiger partial charge on any atom is -0.383 e. The van der Waals surface area contributed by atoms with Crippen LogP contribution in [0.2, 0.25) is 0 Å². The van der Waals surface area contributed by atoms with E-state index >= 15 is 0 Å². The molecule has 25 heavy (non-hydrogen) atoms. The summed E-state index contributed by atoms with van der Waals surface area (Å²) in [5, 5.41) is 0. The molecule has 0 aliphatic carbocycles. The van der Waals surface area contributed by atoms with Crippen molar-refractivity contribution >= 4 is 10.0 Å². The van der Waals surface area contributed by atoms with Crippen LogP contribution < -0.4 is 0 Å². The Morgan fingerprint density at radius 3 is 2.76 bits per heavy atom. The predicted octanol–water partition coefficient (Wildman–Crippen LogP) is 2.09. The summed E-state index contributed by atoms with van der Waals surface area (Å²) >= 11 is 0. The maximum atomic E-state index is 12.7. The van der Waals surface area contributed by atoms with Crippen molar-refractivity contribution in [3.8, 4) is 0 Å². The van der Waals surface area contributed by atoms with Gasteiger partial charge >= 0.3 is 0 Å². The van der Waals surface area contributed by atoms with Crippen molar-refractivity contribution in [3.05, 3.63) is 48.0 Å². The second kappa shape index (κ2) is 7.68. The van der Waals surface area contributed by atoms with Gasteiger partial charge in [-0.3, -0.25) is 0 Å². The summed E-state index contributed by atoms with van der Waals surface area (Å²) in [6, 6.07) is 8.66. The molecular weight excluding hydrogens is 338 g/mol. The van der Waals surface area contributed by atoms with Gasteiger partial charge in [-0.15, -0.1) is 0 Å². The van der Waals surface area contributed by atoms with Gasteiger partial charge in [-0.2, -0.15) is 4.31 Å². The molecule has 1 aromatic heterocycles. The summed E-state index contributed by atoms with van der Waals surface area (Å²) in [5.41, 5.74) is 1.11. The first kappa shape index (κ1) is 18.1. The van der Waals surface area contributed by atoms with Crippen molar-refractivity contribution in [1.82, 2.24) is 13.9 Å². The van der Waals surface area contributed by atoms with Crippen LogP contribution in [0.3, 0.4) is 0 Å². The zero-order valence-corrected chi connectivity index (χ0v) is 15.6. The second-order valence-corrected chi connectivity index (χ2v) is 8.43. The van der Waals surface area contributed by atoms with E-state index in [9.17, 15) is 8.42 Å². The van der Waals surface area contributed by atoms with Gasteiger partial charge in [0.2, 0.25) is 10.0 Å². The van der Waals surface area contributed by atoms with E-state index in [0.717, 1.165) is 30.9 Å². The smallest absolute Gasteiger partial charge is 0.243 e. The lowest BCUT2D eigenvalue weighted by atomic mass is 10.0. The molecule has 2 heterocycles. The highest BCUT2D eigenvalue weighted by atomic mass is 32.2. The number of hydrogen-bond donors (Lipinski definition) is 0. The molecule has 3 rings (SSSR count). The van der Waals surface area contributed by atoms with Crippen LogP contribution >= 0.6 is 0 Å². The van der Waals surface area contributed by atoms with Crippen LogP contribution in [0.25, 0.3) is 0 Å². The van der Waals surface area contributed by atoms with Crippen molar-refractivity contribution in [2.75, 3.05) is 26.8 Å². The molecule has 0 spiro atoms. The van der Waals surface area contributed by atoms with E-state index in [1.54, 1.807) is 35.7 Å². The maximum Gasteiger partial charge on any atom is 0.243 e. The lowest BCUT2D eigenvalue weighted by Crippen LogP contribution is -2.29. The van der Waals surface area contributed by atoms with Crippen LogP contribution in [0.4, 0.5) is 0 Å². The Bertz CT molecular complexity index is 802. The largest absolute Gasteiger partial charge is 0.383 e. The Morgan fingerprint density at radius 1 is 1.28 bits per heavy atom. The van der Waals surface area contributed by atoms with E-state index in [1.807, 2.05) is 19.2 Å². The van der Waals surface area contributed by atoms with Crippen LogP contribution in [-0.4, -0.2) is 49.1 Å².